The van der Waals surface area contributed by atoms with E-state index in [0.717, 1.165) is 23.0 Å². The van der Waals surface area contributed by atoms with Crippen molar-refractivity contribution in [1.29, 1.82) is 5.26 Å². The standard InChI is InChI=1S/C18H12F3N3O/c19-18(20,21)13-5-7-14(8-6-13)23-17(25)11-24-10-12(9-22)15-3-1-2-4-16(15)24/h1-8,10H,11H2,(H,23,25). The molecule has 126 valence electrons. The van der Waals surface area contributed by atoms with Gasteiger partial charge in [0.1, 0.15) is 12.6 Å². The van der Waals surface area contributed by atoms with Gasteiger partial charge in [-0.15, -0.1) is 0 Å². The van der Waals surface area contributed by atoms with Crippen LogP contribution in [0.25, 0.3) is 10.9 Å². The van der Waals surface area contributed by atoms with Crippen molar-refractivity contribution in [3.8, 4) is 6.07 Å². The first kappa shape index (κ1) is 16.6. The third-order valence-electron chi connectivity index (χ3n) is 3.72. The molecule has 25 heavy (non-hydrogen) atoms. The molecule has 0 saturated heterocycles. The number of anilines is 1. The van der Waals surface area contributed by atoms with Crippen LogP contribution < -0.4 is 5.32 Å². The number of nitriles is 1. The maximum absolute atomic E-state index is 12.5. The van der Waals surface area contributed by atoms with Gasteiger partial charge in [0.2, 0.25) is 5.91 Å². The molecule has 1 aromatic heterocycles. The summed E-state index contributed by atoms with van der Waals surface area (Å²) >= 11 is 0. The van der Waals surface area contributed by atoms with Crippen molar-refractivity contribution in [2.75, 3.05) is 5.32 Å². The van der Waals surface area contributed by atoms with E-state index in [2.05, 4.69) is 11.4 Å². The van der Waals surface area contributed by atoms with Crippen LogP contribution in [-0.4, -0.2) is 10.5 Å². The second-order valence-electron chi connectivity index (χ2n) is 5.42. The smallest absolute Gasteiger partial charge is 0.337 e. The number of aromatic nitrogens is 1. The average Bonchev–Trinajstić information content (AvgIpc) is 2.92. The van der Waals surface area contributed by atoms with E-state index >= 15 is 0 Å². The fourth-order valence-electron chi connectivity index (χ4n) is 2.56. The van der Waals surface area contributed by atoms with E-state index in [0.29, 0.717) is 5.56 Å². The molecule has 1 amide bonds. The largest absolute Gasteiger partial charge is 0.416 e. The molecule has 1 heterocycles. The Morgan fingerprint density at radius 1 is 1.12 bits per heavy atom. The molecule has 3 rings (SSSR count). The number of para-hydroxylation sites is 1. The molecule has 0 radical (unpaired) electrons. The van der Waals surface area contributed by atoms with E-state index in [1.807, 2.05) is 0 Å². The number of rotatable bonds is 3. The Hall–Kier alpha value is -3.27. The molecule has 1 N–H and O–H groups in total. The van der Waals surface area contributed by atoms with Gasteiger partial charge in [-0.25, -0.2) is 0 Å². The molecule has 7 heteroatoms. The molecule has 4 nitrogen and oxygen atoms in total. The minimum Gasteiger partial charge on any atom is -0.337 e. The molecule has 0 saturated carbocycles. The van der Waals surface area contributed by atoms with Crippen molar-refractivity contribution in [2.45, 2.75) is 12.7 Å². The molecule has 0 fully saturated rings. The highest BCUT2D eigenvalue weighted by Gasteiger charge is 2.29. The molecule has 0 atom stereocenters. The topological polar surface area (TPSA) is 57.8 Å². The highest BCUT2D eigenvalue weighted by Crippen LogP contribution is 2.29. The van der Waals surface area contributed by atoms with Crippen LogP contribution in [0, 0.1) is 11.3 Å². The Morgan fingerprint density at radius 3 is 2.44 bits per heavy atom. The molecule has 0 aliphatic heterocycles. The number of hydrogen-bond donors (Lipinski definition) is 1. The van der Waals surface area contributed by atoms with E-state index in [9.17, 15) is 18.0 Å². The first-order valence-corrected chi connectivity index (χ1v) is 7.33. The molecule has 3 aromatic rings. The summed E-state index contributed by atoms with van der Waals surface area (Å²) in [5.74, 6) is -0.398. The second kappa shape index (κ2) is 6.32. The van der Waals surface area contributed by atoms with Crippen LogP contribution in [0.15, 0.2) is 54.7 Å². The fraction of sp³-hybridized carbons (Fsp3) is 0.111. The van der Waals surface area contributed by atoms with Crippen molar-refractivity contribution in [1.82, 2.24) is 4.57 Å². The van der Waals surface area contributed by atoms with Crippen LogP contribution in [0.4, 0.5) is 18.9 Å². The monoisotopic (exact) mass is 343 g/mol. The first-order valence-electron chi connectivity index (χ1n) is 7.33. The summed E-state index contributed by atoms with van der Waals surface area (Å²) in [5.41, 5.74) is 0.690. The summed E-state index contributed by atoms with van der Waals surface area (Å²) in [4.78, 5) is 12.2. The Labute approximate surface area is 141 Å². The SMILES string of the molecule is N#Cc1cn(CC(=O)Nc2ccc(C(F)(F)F)cc2)c2ccccc12. The molecule has 0 bridgehead atoms. The predicted molar refractivity (Wildman–Crippen MR) is 86.7 cm³/mol. The second-order valence-corrected chi connectivity index (χ2v) is 5.42. The quantitative estimate of drug-likeness (QED) is 0.776. The maximum Gasteiger partial charge on any atom is 0.416 e. The number of nitrogens with zero attached hydrogens (tertiary/aromatic N) is 2. The number of hydrogen-bond acceptors (Lipinski definition) is 2. The van der Waals surface area contributed by atoms with Gasteiger partial charge in [0.15, 0.2) is 0 Å². The average molecular weight is 343 g/mol. The Bertz CT molecular complexity index is 966. The van der Waals surface area contributed by atoms with Crippen LogP contribution in [0.3, 0.4) is 0 Å². The van der Waals surface area contributed by atoms with Crippen LogP contribution >= 0.6 is 0 Å². The number of fused-ring (bicyclic) bond motifs is 1. The number of alkyl halides is 3. The van der Waals surface area contributed by atoms with Gasteiger partial charge in [0.05, 0.1) is 11.1 Å². The first-order chi connectivity index (χ1) is 11.9. The van der Waals surface area contributed by atoms with Crippen molar-refractivity contribution in [3.05, 3.63) is 65.9 Å². The van der Waals surface area contributed by atoms with E-state index in [1.54, 1.807) is 35.0 Å². The van der Waals surface area contributed by atoms with Crippen molar-refractivity contribution < 1.29 is 18.0 Å². The number of amides is 1. The van der Waals surface area contributed by atoms with Crippen LogP contribution in [0.2, 0.25) is 0 Å². The van der Waals surface area contributed by atoms with Gasteiger partial charge < -0.3 is 9.88 Å². The van der Waals surface area contributed by atoms with Crippen molar-refractivity contribution >= 4 is 22.5 Å². The third-order valence-corrected chi connectivity index (χ3v) is 3.72. The molecular weight excluding hydrogens is 331 g/mol. The van der Waals surface area contributed by atoms with Gasteiger partial charge in [0.25, 0.3) is 0 Å². The van der Waals surface area contributed by atoms with Crippen molar-refractivity contribution in [3.63, 3.8) is 0 Å². The minimum absolute atomic E-state index is 0.0524. The molecule has 2 aromatic carbocycles. The number of halogens is 3. The van der Waals surface area contributed by atoms with E-state index < -0.39 is 17.6 Å². The zero-order valence-electron chi connectivity index (χ0n) is 12.8. The lowest BCUT2D eigenvalue weighted by molar-refractivity contribution is -0.137. The number of benzene rings is 2. The highest BCUT2D eigenvalue weighted by molar-refractivity contribution is 5.93. The number of carbonyl (C=O) groups is 1. The van der Waals surface area contributed by atoms with E-state index in [1.165, 1.54) is 12.1 Å². The summed E-state index contributed by atoms with van der Waals surface area (Å²) in [6, 6.07) is 13.5. The summed E-state index contributed by atoms with van der Waals surface area (Å²) in [5, 5.41) is 12.4. The fourth-order valence-corrected chi connectivity index (χ4v) is 2.56. The summed E-state index contributed by atoms with van der Waals surface area (Å²) in [7, 11) is 0. The molecule has 0 aliphatic rings. The molecule has 0 unspecified atom stereocenters. The maximum atomic E-state index is 12.5. The van der Waals surface area contributed by atoms with Gasteiger partial charge >= 0.3 is 6.18 Å². The summed E-state index contributed by atoms with van der Waals surface area (Å²) < 4.78 is 39.2. The van der Waals surface area contributed by atoms with Crippen LogP contribution in [0.5, 0.6) is 0 Å². The lowest BCUT2D eigenvalue weighted by Crippen LogP contribution is -2.18. The predicted octanol–water partition coefficient (Wildman–Crippen LogP) is 4.17. The lowest BCUT2D eigenvalue weighted by Gasteiger charge is -2.09. The van der Waals surface area contributed by atoms with E-state index in [4.69, 9.17) is 5.26 Å². The molecule has 0 spiro atoms. The van der Waals surface area contributed by atoms with Gasteiger partial charge in [0, 0.05) is 22.8 Å². The molecule has 0 aliphatic carbocycles. The summed E-state index contributed by atoms with van der Waals surface area (Å²) in [6.45, 7) is -0.0524. The third kappa shape index (κ3) is 3.48. The lowest BCUT2D eigenvalue weighted by atomic mass is 10.2. The number of nitrogens with one attached hydrogen (secondary N) is 1. The minimum atomic E-state index is -4.42. The van der Waals surface area contributed by atoms with Gasteiger partial charge in [-0.1, -0.05) is 18.2 Å². The zero-order chi connectivity index (χ0) is 18.0. The van der Waals surface area contributed by atoms with Crippen LogP contribution in [-0.2, 0) is 17.5 Å². The highest BCUT2D eigenvalue weighted by atomic mass is 19.4. The van der Waals surface area contributed by atoms with E-state index in [-0.39, 0.29) is 12.2 Å². The van der Waals surface area contributed by atoms with Gasteiger partial charge in [-0.2, -0.15) is 18.4 Å². The normalized spacial score (nSPS) is 11.3. The van der Waals surface area contributed by atoms with Gasteiger partial charge in [-0.3, -0.25) is 4.79 Å². The van der Waals surface area contributed by atoms with Gasteiger partial charge in [-0.05, 0) is 30.3 Å². The number of carbonyl (C=O) groups excluding carboxylic acids is 1. The Kier molecular flexibility index (Phi) is 4.19. The molecular formula is C18H12F3N3O. The zero-order valence-corrected chi connectivity index (χ0v) is 12.8. The Balaban J connectivity index is 1.76. The van der Waals surface area contributed by atoms with Crippen molar-refractivity contribution in [2.24, 2.45) is 0 Å². The Morgan fingerprint density at radius 2 is 1.80 bits per heavy atom. The van der Waals surface area contributed by atoms with Crippen LogP contribution in [0.1, 0.15) is 11.1 Å². The summed E-state index contributed by atoms with van der Waals surface area (Å²) in [6.07, 6.45) is -2.84.